The Kier molecular flexibility index (Phi) is 6.97. The molecule has 0 aliphatic rings. The van der Waals surface area contributed by atoms with Gasteiger partial charge in [0.1, 0.15) is 11.8 Å². The average Bonchev–Trinajstić information content (AvgIpc) is 2.79. The third kappa shape index (κ3) is 5.45. The molecule has 3 aromatic carbocycles. The van der Waals surface area contributed by atoms with Crippen LogP contribution in [-0.4, -0.2) is 25.0 Å². The van der Waals surface area contributed by atoms with Gasteiger partial charge in [-0.1, -0.05) is 48.5 Å². The molecule has 2 atom stereocenters. The van der Waals surface area contributed by atoms with Gasteiger partial charge in [0.2, 0.25) is 5.91 Å². The smallest absolute Gasteiger partial charge is 0.261 e. The fraction of sp³-hybridized carbons (Fsp3) is 0.167. The second kappa shape index (κ2) is 9.84. The van der Waals surface area contributed by atoms with Crippen molar-refractivity contribution in [2.24, 2.45) is 0 Å². The zero-order chi connectivity index (χ0) is 22.4. The lowest BCUT2D eigenvalue weighted by Crippen LogP contribution is -2.44. The van der Waals surface area contributed by atoms with Crippen LogP contribution < -0.4 is 15.4 Å². The highest BCUT2D eigenvalue weighted by Gasteiger charge is 2.26. The first kappa shape index (κ1) is 22.0. The zero-order valence-electron chi connectivity index (χ0n) is 17.1. The summed E-state index contributed by atoms with van der Waals surface area (Å²) < 4.78 is 32.5. The number of ether oxygens (including phenoxy) is 1. The van der Waals surface area contributed by atoms with Crippen molar-refractivity contribution in [3.8, 4) is 16.9 Å². The Morgan fingerprint density at radius 3 is 2.10 bits per heavy atom. The molecular weight excluding hydrogens is 402 g/mol. The van der Waals surface area contributed by atoms with Gasteiger partial charge in [0.05, 0.1) is 0 Å². The van der Waals surface area contributed by atoms with E-state index in [0.717, 1.165) is 23.3 Å². The number of carbonyl (C=O) groups is 2. The van der Waals surface area contributed by atoms with Crippen molar-refractivity contribution in [1.82, 2.24) is 10.6 Å². The summed E-state index contributed by atoms with van der Waals surface area (Å²) in [6.07, 6.45) is -0.931. The zero-order valence-corrected chi connectivity index (χ0v) is 17.1. The highest BCUT2D eigenvalue weighted by Crippen LogP contribution is 2.23. The van der Waals surface area contributed by atoms with E-state index in [9.17, 15) is 18.4 Å². The number of nitrogens with one attached hydrogen (secondary N) is 2. The number of halogens is 2. The van der Waals surface area contributed by atoms with Gasteiger partial charge in [0.15, 0.2) is 17.7 Å². The van der Waals surface area contributed by atoms with Crippen LogP contribution in [0.1, 0.15) is 18.5 Å². The van der Waals surface area contributed by atoms with E-state index < -0.39 is 35.6 Å². The van der Waals surface area contributed by atoms with Crippen LogP contribution in [0.15, 0.2) is 72.8 Å². The molecule has 5 nitrogen and oxygen atoms in total. The first-order chi connectivity index (χ1) is 14.9. The first-order valence-corrected chi connectivity index (χ1v) is 9.68. The van der Waals surface area contributed by atoms with E-state index in [-0.39, 0.29) is 5.56 Å². The van der Waals surface area contributed by atoms with Gasteiger partial charge in [-0.3, -0.25) is 9.59 Å². The Morgan fingerprint density at radius 1 is 0.839 bits per heavy atom. The van der Waals surface area contributed by atoms with E-state index in [2.05, 4.69) is 10.6 Å². The summed E-state index contributed by atoms with van der Waals surface area (Å²) in [7, 11) is 1.38. The monoisotopic (exact) mass is 424 g/mol. The molecule has 0 bridgehead atoms. The second-order valence-corrected chi connectivity index (χ2v) is 6.88. The molecule has 2 N–H and O–H groups in total. The molecule has 3 rings (SSSR count). The molecule has 0 saturated carbocycles. The lowest BCUT2D eigenvalue weighted by Gasteiger charge is -2.21. The number of hydrogen-bond donors (Lipinski definition) is 2. The molecule has 0 aliphatic carbocycles. The number of amides is 2. The largest absolute Gasteiger partial charge is 0.481 e. The van der Waals surface area contributed by atoms with Gasteiger partial charge in [-0.05, 0) is 47.9 Å². The predicted molar refractivity (Wildman–Crippen MR) is 113 cm³/mol. The minimum atomic E-state index is -1.20. The van der Waals surface area contributed by atoms with Crippen LogP contribution in [0.25, 0.3) is 11.1 Å². The van der Waals surface area contributed by atoms with Crippen LogP contribution >= 0.6 is 0 Å². The van der Waals surface area contributed by atoms with Crippen LogP contribution in [0.5, 0.6) is 5.75 Å². The SMILES string of the molecule is CNC(=O)C(NC(=O)C(C)Oc1ccc(-c2ccccc2)cc1)c1ccc(F)c(F)c1. The third-order valence-corrected chi connectivity index (χ3v) is 4.72. The summed E-state index contributed by atoms with van der Waals surface area (Å²) in [5.41, 5.74) is 2.17. The van der Waals surface area contributed by atoms with E-state index in [1.165, 1.54) is 20.0 Å². The lowest BCUT2D eigenvalue weighted by molar-refractivity contribution is -0.132. The molecule has 2 unspecified atom stereocenters. The fourth-order valence-corrected chi connectivity index (χ4v) is 3.01. The molecule has 160 valence electrons. The van der Waals surface area contributed by atoms with Crippen molar-refractivity contribution in [2.45, 2.75) is 19.1 Å². The van der Waals surface area contributed by atoms with Gasteiger partial charge >= 0.3 is 0 Å². The van der Waals surface area contributed by atoms with Crippen molar-refractivity contribution < 1.29 is 23.1 Å². The van der Waals surface area contributed by atoms with Crippen molar-refractivity contribution in [3.05, 3.63) is 90.0 Å². The normalized spacial score (nSPS) is 12.5. The van der Waals surface area contributed by atoms with Gasteiger partial charge in [-0.15, -0.1) is 0 Å². The minimum absolute atomic E-state index is 0.117. The molecular formula is C24H22F2N2O3. The molecule has 7 heteroatoms. The highest BCUT2D eigenvalue weighted by atomic mass is 19.2. The molecule has 0 aromatic heterocycles. The molecule has 2 amide bonds. The van der Waals surface area contributed by atoms with Crippen LogP contribution in [0.3, 0.4) is 0 Å². The summed E-state index contributed by atoms with van der Waals surface area (Å²) in [5, 5.41) is 4.93. The Bertz CT molecular complexity index is 1060. The molecule has 0 heterocycles. The van der Waals surface area contributed by atoms with Crippen LogP contribution in [0, 0.1) is 11.6 Å². The topological polar surface area (TPSA) is 67.4 Å². The Morgan fingerprint density at radius 2 is 1.48 bits per heavy atom. The van der Waals surface area contributed by atoms with E-state index >= 15 is 0 Å². The average molecular weight is 424 g/mol. The number of rotatable bonds is 7. The second-order valence-electron chi connectivity index (χ2n) is 6.88. The summed E-state index contributed by atoms with van der Waals surface area (Å²) in [6, 6.07) is 18.9. The van der Waals surface area contributed by atoms with E-state index in [1.807, 2.05) is 42.5 Å². The maximum atomic E-state index is 13.6. The fourth-order valence-electron chi connectivity index (χ4n) is 3.01. The van der Waals surface area contributed by atoms with Gasteiger partial charge in [-0.2, -0.15) is 0 Å². The van der Waals surface area contributed by atoms with Crippen LogP contribution in [-0.2, 0) is 9.59 Å². The number of hydrogen-bond acceptors (Lipinski definition) is 3. The number of benzene rings is 3. The van der Waals surface area contributed by atoms with Crippen molar-refractivity contribution >= 4 is 11.8 Å². The summed E-state index contributed by atoms with van der Waals surface area (Å²) >= 11 is 0. The van der Waals surface area contributed by atoms with Crippen molar-refractivity contribution in [2.75, 3.05) is 7.05 Å². The Labute approximate surface area is 179 Å². The number of likely N-dealkylation sites (N-methyl/N-ethyl adjacent to an activating group) is 1. The molecule has 0 aliphatic heterocycles. The molecule has 0 saturated heterocycles. The van der Waals surface area contributed by atoms with Gasteiger partial charge in [-0.25, -0.2) is 8.78 Å². The molecule has 0 fully saturated rings. The standard InChI is InChI=1S/C24H22F2N2O3/c1-15(31-19-11-8-17(9-12-19)16-6-4-3-5-7-16)23(29)28-22(24(30)27-2)18-10-13-20(25)21(26)14-18/h3-15,22H,1-2H3,(H,27,30)(H,28,29). The van der Waals surface area contributed by atoms with Crippen molar-refractivity contribution in [1.29, 1.82) is 0 Å². The van der Waals surface area contributed by atoms with Gasteiger partial charge < -0.3 is 15.4 Å². The number of carbonyl (C=O) groups excluding carboxylic acids is 2. The molecule has 0 spiro atoms. The predicted octanol–water partition coefficient (Wildman–Crippen LogP) is 4.00. The van der Waals surface area contributed by atoms with Crippen molar-refractivity contribution in [3.63, 3.8) is 0 Å². The first-order valence-electron chi connectivity index (χ1n) is 9.68. The Balaban J connectivity index is 1.69. The summed E-state index contributed by atoms with van der Waals surface area (Å²) in [6.45, 7) is 1.53. The maximum Gasteiger partial charge on any atom is 0.261 e. The molecule has 3 aromatic rings. The maximum absolute atomic E-state index is 13.6. The van der Waals surface area contributed by atoms with E-state index in [1.54, 1.807) is 12.1 Å². The Hall–Kier alpha value is -3.74. The van der Waals surface area contributed by atoms with Crippen LogP contribution in [0.2, 0.25) is 0 Å². The van der Waals surface area contributed by atoms with Gasteiger partial charge in [0, 0.05) is 7.05 Å². The minimum Gasteiger partial charge on any atom is -0.481 e. The summed E-state index contributed by atoms with van der Waals surface area (Å²) in [4.78, 5) is 24.8. The quantitative estimate of drug-likeness (QED) is 0.603. The van der Waals surface area contributed by atoms with Crippen LogP contribution in [0.4, 0.5) is 8.78 Å². The lowest BCUT2D eigenvalue weighted by atomic mass is 10.1. The van der Waals surface area contributed by atoms with Gasteiger partial charge in [0.25, 0.3) is 5.91 Å². The van der Waals surface area contributed by atoms with E-state index in [0.29, 0.717) is 5.75 Å². The van der Waals surface area contributed by atoms with E-state index in [4.69, 9.17) is 4.74 Å². The third-order valence-electron chi connectivity index (χ3n) is 4.72. The summed E-state index contributed by atoms with van der Waals surface area (Å²) in [5.74, 6) is -2.82. The molecule has 0 radical (unpaired) electrons. The molecule has 31 heavy (non-hydrogen) atoms. The highest BCUT2D eigenvalue weighted by molar-refractivity contribution is 5.90.